The van der Waals surface area contributed by atoms with E-state index in [0.29, 0.717) is 0 Å². The molecule has 52 valence electrons. The van der Waals surface area contributed by atoms with Crippen molar-refractivity contribution in [3.8, 4) is 0 Å². The van der Waals surface area contributed by atoms with Crippen molar-refractivity contribution in [1.82, 2.24) is 0 Å². The van der Waals surface area contributed by atoms with Gasteiger partial charge < -0.3 is 0 Å². The summed E-state index contributed by atoms with van der Waals surface area (Å²) < 4.78 is 0. The second kappa shape index (κ2) is 15.9. The van der Waals surface area contributed by atoms with E-state index in [9.17, 15) is 0 Å². The highest BCUT2D eigenvalue weighted by Crippen LogP contribution is 1.81. The molecule has 0 nitrogen and oxygen atoms in total. The number of hydrogen-bond donors (Lipinski definition) is 0. The van der Waals surface area contributed by atoms with E-state index in [4.69, 9.17) is 0 Å². The van der Waals surface area contributed by atoms with Crippen LogP contribution in [0.4, 0.5) is 0 Å². The topological polar surface area (TPSA) is 0 Å². The van der Waals surface area contributed by atoms with Crippen LogP contribution >= 0.6 is 0 Å². The third-order valence-corrected chi connectivity index (χ3v) is 0. The number of allylic oxidation sites excluding steroid dienone is 1. The normalized spacial score (nSPS) is 6.12. The fourth-order valence-corrected chi connectivity index (χ4v) is 0. The first-order chi connectivity index (χ1) is 3.15. The predicted molar refractivity (Wildman–Crippen MR) is 43.1 cm³/mol. The zero-order chi connectivity index (χ0) is 6.28. The van der Waals surface area contributed by atoms with Crippen LogP contribution in [0.25, 0.3) is 0 Å². The lowest BCUT2D eigenvalue weighted by atomic mass is 10.3. The van der Waals surface area contributed by atoms with Crippen LogP contribution < -0.4 is 0 Å². The zero-order valence-corrected chi connectivity index (χ0v) is 5.86. The van der Waals surface area contributed by atoms with Crippen molar-refractivity contribution >= 4 is 0 Å². The summed E-state index contributed by atoms with van der Waals surface area (Å²) in [4.78, 5) is 0. The molecule has 0 spiro atoms. The van der Waals surface area contributed by atoms with E-state index in [-0.39, 0.29) is 7.43 Å². The summed E-state index contributed by atoms with van der Waals surface area (Å²) in [6.07, 6.45) is 1.75. The minimum absolute atomic E-state index is 0. The molecule has 0 aliphatic rings. The third-order valence-electron chi connectivity index (χ3n) is 0. The van der Waals surface area contributed by atoms with Crippen molar-refractivity contribution in [3.63, 3.8) is 0 Å². The summed E-state index contributed by atoms with van der Waals surface area (Å²) in [7, 11) is 0. The molecule has 0 aromatic rings. The number of hydrogen-bond acceptors (Lipinski definition) is 0. The van der Waals surface area contributed by atoms with Gasteiger partial charge in [-0.1, -0.05) is 34.3 Å². The molecule has 0 aromatic carbocycles. The maximum atomic E-state index is 3.36. The molecule has 0 bridgehead atoms. The lowest BCUT2D eigenvalue weighted by Crippen LogP contribution is -1.66. The Morgan fingerprint density at radius 1 is 1.25 bits per heavy atom. The van der Waals surface area contributed by atoms with E-state index in [0.717, 1.165) is 5.92 Å². The fourth-order valence-electron chi connectivity index (χ4n) is 0. The van der Waals surface area contributed by atoms with Gasteiger partial charge in [0.1, 0.15) is 0 Å². The molecule has 0 saturated carbocycles. The zero-order valence-electron chi connectivity index (χ0n) is 5.86. The first-order valence-electron chi connectivity index (χ1n) is 2.72. The molecule has 0 radical (unpaired) electrons. The van der Waals surface area contributed by atoms with Gasteiger partial charge in [0, 0.05) is 0 Å². The Bertz CT molecular complexity index is 24.3. The van der Waals surface area contributed by atoms with Gasteiger partial charge in [-0.05, 0) is 12.8 Å². The van der Waals surface area contributed by atoms with Crippen LogP contribution in [0.1, 0.15) is 35.1 Å². The van der Waals surface area contributed by atoms with Gasteiger partial charge >= 0.3 is 0 Å². The molecular formula is C8H20. The molecule has 0 heteroatoms. The van der Waals surface area contributed by atoms with Gasteiger partial charge in [0.2, 0.25) is 0 Å². The van der Waals surface area contributed by atoms with Crippen molar-refractivity contribution < 1.29 is 0 Å². The summed E-state index contributed by atoms with van der Waals surface area (Å²) >= 11 is 0. The highest BCUT2D eigenvalue weighted by atomic mass is 13.7. The Morgan fingerprint density at radius 3 is 1.25 bits per heavy atom. The van der Waals surface area contributed by atoms with Gasteiger partial charge in [-0.25, -0.2) is 0 Å². The van der Waals surface area contributed by atoms with Crippen LogP contribution in [0.2, 0.25) is 0 Å². The van der Waals surface area contributed by atoms with Gasteiger partial charge in [0.25, 0.3) is 0 Å². The average molecular weight is 116 g/mol. The van der Waals surface area contributed by atoms with Gasteiger partial charge in [-0.15, -0.1) is 6.58 Å². The van der Waals surface area contributed by atoms with E-state index < -0.39 is 0 Å². The summed E-state index contributed by atoms with van der Waals surface area (Å²) in [6, 6.07) is 0. The van der Waals surface area contributed by atoms with E-state index in [2.05, 4.69) is 27.4 Å². The third kappa shape index (κ3) is 1910. The molecule has 0 amide bonds. The van der Waals surface area contributed by atoms with Gasteiger partial charge in [0.05, 0.1) is 0 Å². The minimum atomic E-state index is 0. The molecule has 0 heterocycles. The van der Waals surface area contributed by atoms with Crippen molar-refractivity contribution in [1.29, 1.82) is 0 Å². The summed E-state index contributed by atoms with van der Waals surface area (Å²) in [5, 5.41) is 0. The lowest BCUT2D eigenvalue weighted by Gasteiger charge is -1.79. The van der Waals surface area contributed by atoms with Crippen molar-refractivity contribution in [2.75, 3.05) is 0 Å². The van der Waals surface area contributed by atoms with Gasteiger partial charge in [-0.3, -0.25) is 0 Å². The van der Waals surface area contributed by atoms with Crippen LogP contribution in [0, 0.1) is 5.92 Å². The second-order valence-electron chi connectivity index (χ2n) is 2.14. The second-order valence-corrected chi connectivity index (χ2v) is 2.14. The largest absolute Gasteiger partial charge is 0.103 e. The van der Waals surface area contributed by atoms with E-state index in [1.54, 1.807) is 6.08 Å². The Hall–Kier alpha value is -0.260. The molecule has 0 unspecified atom stereocenters. The molecule has 0 fully saturated rings. The van der Waals surface area contributed by atoms with Crippen molar-refractivity contribution in [3.05, 3.63) is 12.7 Å². The SMILES string of the molecule is C.C=CC.CC(C)C. The molecule has 0 aromatic heterocycles. The highest BCUT2D eigenvalue weighted by molar-refractivity contribution is 4.51. The fraction of sp³-hybridized carbons (Fsp3) is 0.750. The Kier molecular flexibility index (Phi) is 31.1. The highest BCUT2D eigenvalue weighted by Gasteiger charge is 1.68. The standard InChI is InChI=1S/C4H10.C3H6.CH4/c1-4(2)3;1-3-2;/h4H,1-3H3;3H,1H2,2H3;1H4. The Labute approximate surface area is 54.6 Å². The molecular weight excluding hydrogens is 96.1 g/mol. The minimum Gasteiger partial charge on any atom is -0.103 e. The monoisotopic (exact) mass is 116 g/mol. The Morgan fingerprint density at radius 2 is 1.25 bits per heavy atom. The van der Waals surface area contributed by atoms with Crippen LogP contribution in [0.5, 0.6) is 0 Å². The Balaban J connectivity index is -0.0000000575. The van der Waals surface area contributed by atoms with Gasteiger partial charge in [-0.2, -0.15) is 0 Å². The van der Waals surface area contributed by atoms with Crippen LogP contribution in [-0.4, -0.2) is 0 Å². The summed E-state index contributed by atoms with van der Waals surface area (Å²) in [5.41, 5.74) is 0. The summed E-state index contributed by atoms with van der Waals surface area (Å²) in [6.45, 7) is 11.7. The predicted octanol–water partition coefficient (Wildman–Crippen LogP) is 3.49. The first-order valence-corrected chi connectivity index (χ1v) is 2.72. The van der Waals surface area contributed by atoms with Crippen LogP contribution in [0.15, 0.2) is 12.7 Å². The van der Waals surface area contributed by atoms with Crippen molar-refractivity contribution in [2.24, 2.45) is 5.92 Å². The first kappa shape index (κ1) is 15.6. The smallest absolute Gasteiger partial charge is 0.0473 e. The maximum Gasteiger partial charge on any atom is -0.0473 e. The molecule has 0 rings (SSSR count). The van der Waals surface area contributed by atoms with E-state index in [1.807, 2.05) is 6.92 Å². The molecule has 0 atom stereocenters. The molecule has 0 saturated heterocycles. The molecule has 8 heavy (non-hydrogen) atoms. The molecule has 0 aliphatic carbocycles. The van der Waals surface area contributed by atoms with E-state index in [1.165, 1.54) is 0 Å². The average Bonchev–Trinajstić information content (AvgIpc) is 1.33. The molecule has 0 N–H and O–H groups in total. The molecule has 0 aliphatic heterocycles. The maximum absolute atomic E-state index is 3.36. The van der Waals surface area contributed by atoms with Crippen molar-refractivity contribution in [2.45, 2.75) is 35.1 Å². The van der Waals surface area contributed by atoms with Crippen LogP contribution in [0.3, 0.4) is 0 Å². The van der Waals surface area contributed by atoms with Crippen LogP contribution in [-0.2, 0) is 0 Å². The van der Waals surface area contributed by atoms with Gasteiger partial charge in [0.15, 0.2) is 0 Å². The summed E-state index contributed by atoms with van der Waals surface area (Å²) in [5.74, 6) is 0.833. The van der Waals surface area contributed by atoms with E-state index >= 15 is 0 Å². The number of rotatable bonds is 0. The quantitative estimate of drug-likeness (QED) is 0.425. The lowest BCUT2D eigenvalue weighted by molar-refractivity contribution is 0.737.